The standard InChI is InChI=1S/C45H32N2/c1-45(2)40-27-32(22-23-37(40)38-24-21-29-13-9-10-18-34(29)43(38)45)33-25-26-39(36-20-12-11-19-35(33)36)44-46-41(30-14-5-3-6-15-30)28-42(47-44)31-16-7-4-8-17-31/h3-28H,1-2H3. The Morgan fingerprint density at radius 1 is 0.404 bits per heavy atom. The van der Waals surface area contributed by atoms with Gasteiger partial charge in [-0.05, 0) is 73.1 Å². The second-order valence-electron chi connectivity index (χ2n) is 13.0. The molecule has 9 rings (SSSR count). The highest BCUT2D eigenvalue weighted by Gasteiger charge is 2.37. The molecule has 0 N–H and O–H groups in total. The van der Waals surface area contributed by atoms with Crippen LogP contribution in [0.1, 0.15) is 25.0 Å². The number of rotatable bonds is 4. The Balaban J connectivity index is 1.21. The maximum absolute atomic E-state index is 5.15. The molecule has 0 fully saturated rings. The normalized spacial score (nSPS) is 13.1. The van der Waals surface area contributed by atoms with Gasteiger partial charge in [0.1, 0.15) is 0 Å². The van der Waals surface area contributed by atoms with Crippen LogP contribution in [-0.4, -0.2) is 9.97 Å². The Bertz CT molecular complexity index is 2420. The van der Waals surface area contributed by atoms with E-state index in [0.29, 0.717) is 0 Å². The summed E-state index contributed by atoms with van der Waals surface area (Å²) in [6.45, 7) is 4.74. The van der Waals surface area contributed by atoms with Crippen molar-refractivity contribution in [2.75, 3.05) is 0 Å². The highest BCUT2D eigenvalue weighted by molar-refractivity contribution is 6.05. The summed E-state index contributed by atoms with van der Waals surface area (Å²) in [5.74, 6) is 0.727. The smallest absolute Gasteiger partial charge is 0.161 e. The molecule has 2 heteroatoms. The molecular formula is C45H32N2. The van der Waals surface area contributed by atoms with Gasteiger partial charge >= 0.3 is 0 Å². The highest BCUT2D eigenvalue weighted by atomic mass is 14.9. The molecule has 0 saturated carbocycles. The number of hydrogen-bond donors (Lipinski definition) is 0. The predicted octanol–water partition coefficient (Wildman–Crippen LogP) is 11.8. The summed E-state index contributed by atoms with van der Waals surface area (Å²) in [6.07, 6.45) is 0. The lowest BCUT2D eigenvalue weighted by atomic mass is 9.79. The van der Waals surface area contributed by atoms with Crippen molar-refractivity contribution in [3.05, 3.63) is 169 Å². The summed E-state index contributed by atoms with van der Waals surface area (Å²) in [5, 5.41) is 4.97. The van der Waals surface area contributed by atoms with Crippen LogP contribution < -0.4 is 0 Å². The molecule has 0 amide bonds. The molecule has 0 saturated heterocycles. The molecule has 1 aliphatic rings. The van der Waals surface area contributed by atoms with Gasteiger partial charge in [-0.25, -0.2) is 9.97 Å². The summed E-state index contributed by atoms with van der Waals surface area (Å²) < 4.78 is 0. The van der Waals surface area contributed by atoms with Crippen molar-refractivity contribution in [3.8, 4) is 56.2 Å². The molecule has 0 radical (unpaired) electrons. The summed E-state index contributed by atoms with van der Waals surface area (Å²) in [5.41, 5.74) is 12.8. The van der Waals surface area contributed by atoms with E-state index in [2.05, 4.69) is 159 Å². The monoisotopic (exact) mass is 600 g/mol. The molecule has 47 heavy (non-hydrogen) atoms. The lowest BCUT2D eigenvalue weighted by Crippen LogP contribution is -2.15. The molecule has 8 aromatic rings. The molecule has 0 bridgehead atoms. The van der Waals surface area contributed by atoms with Crippen molar-refractivity contribution in [1.82, 2.24) is 9.97 Å². The van der Waals surface area contributed by atoms with E-state index in [4.69, 9.17) is 9.97 Å². The summed E-state index contributed by atoms with van der Waals surface area (Å²) in [6, 6.07) is 56.4. The van der Waals surface area contributed by atoms with Gasteiger partial charge in [0.15, 0.2) is 5.82 Å². The number of nitrogens with zero attached hydrogens (tertiary/aromatic N) is 2. The first-order chi connectivity index (χ1) is 23.1. The first-order valence-corrected chi connectivity index (χ1v) is 16.3. The van der Waals surface area contributed by atoms with Crippen molar-refractivity contribution >= 4 is 21.5 Å². The van der Waals surface area contributed by atoms with E-state index < -0.39 is 0 Å². The Kier molecular flexibility index (Phi) is 6.20. The van der Waals surface area contributed by atoms with Crippen LogP contribution >= 0.6 is 0 Å². The number of fused-ring (bicyclic) bond motifs is 6. The van der Waals surface area contributed by atoms with E-state index in [1.54, 1.807) is 0 Å². The first-order valence-electron chi connectivity index (χ1n) is 16.3. The molecular weight excluding hydrogens is 569 g/mol. The molecule has 0 atom stereocenters. The van der Waals surface area contributed by atoms with E-state index in [1.165, 1.54) is 49.5 Å². The van der Waals surface area contributed by atoms with Gasteiger partial charge in [-0.1, -0.05) is 153 Å². The summed E-state index contributed by atoms with van der Waals surface area (Å²) in [4.78, 5) is 10.3. The third kappa shape index (κ3) is 4.40. The average molecular weight is 601 g/mol. The molecule has 0 spiro atoms. The van der Waals surface area contributed by atoms with Crippen molar-refractivity contribution in [2.24, 2.45) is 0 Å². The van der Waals surface area contributed by atoms with Crippen LogP contribution in [0.4, 0.5) is 0 Å². The van der Waals surface area contributed by atoms with Crippen LogP contribution in [0.5, 0.6) is 0 Å². The fraction of sp³-hybridized carbons (Fsp3) is 0.0667. The van der Waals surface area contributed by atoms with E-state index in [-0.39, 0.29) is 5.41 Å². The van der Waals surface area contributed by atoms with Gasteiger partial charge in [0.05, 0.1) is 11.4 Å². The molecule has 0 aliphatic heterocycles. The third-order valence-electron chi connectivity index (χ3n) is 9.88. The van der Waals surface area contributed by atoms with Gasteiger partial charge in [-0.3, -0.25) is 0 Å². The minimum Gasteiger partial charge on any atom is -0.228 e. The fourth-order valence-corrected chi connectivity index (χ4v) is 7.59. The third-order valence-corrected chi connectivity index (χ3v) is 9.88. The Morgan fingerprint density at radius 2 is 0.936 bits per heavy atom. The van der Waals surface area contributed by atoms with E-state index >= 15 is 0 Å². The van der Waals surface area contributed by atoms with E-state index in [1.807, 2.05) is 12.1 Å². The molecule has 1 aliphatic carbocycles. The lowest BCUT2D eigenvalue weighted by Gasteiger charge is -2.24. The second kappa shape index (κ2) is 10.6. The van der Waals surface area contributed by atoms with Crippen LogP contribution in [0, 0.1) is 0 Å². The van der Waals surface area contributed by atoms with Gasteiger partial charge in [0, 0.05) is 22.1 Å². The molecule has 0 unspecified atom stereocenters. The molecule has 1 aromatic heterocycles. The molecule has 7 aromatic carbocycles. The first kappa shape index (κ1) is 27.5. The topological polar surface area (TPSA) is 25.8 Å². The minimum atomic E-state index is -0.114. The summed E-state index contributed by atoms with van der Waals surface area (Å²) in [7, 11) is 0. The van der Waals surface area contributed by atoms with Crippen molar-refractivity contribution in [3.63, 3.8) is 0 Å². The Labute approximate surface area is 275 Å². The average Bonchev–Trinajstić information content (AvgIpc) is 3.37. The zero-order valence-electron chi connectivity index (χ0n) is 26.4. The molecule has 2 nitrogen and oxygen atoms in total. The summed E-state index contributed by atoms with van der Waals surface area (Å²) >= 11 is 0. The van der Waals surface area contributed by atoms with Gasteiger partial charge in [-0.15, -0.1) is 0 Å². The fourth-order valence-electron chi connectivity index (χ4n) is 7.59. The number of aromatic nitrogens is 2. The lowest BCUT2D eigenvalue weighted by molar-refractivity contribution is 0.666. The van der Waals surface area contributed by atoms with Gasteiger partial charge in [-0.2, -0.15) is 0 Å². The van der Waals surface area contributed by atoms with Crippen LogP contribution in [0.2, 0.25) is 0 Å². The van der Waals surface area contributed by atoms with Crippen LogP contribution in [0.15, 0.2) is 158 Å². The largest absolute Gasteiger partial charge is 0.228 e. The Morgan fingerprint density at radius 3 is 1.62 bits per heavy atom. The van der Waals surface area contributed by atoms with Crippen molar-refractivity contribution in [1.29, 1.82) is 0 Å². The number of benzene rings is 7. The van der Waals surface area contributed by atoms with Gasteiger partial charge in [0.2, 0.25) is 0 Å². The SMILES string of the molecule is CC1(C)c2cc(-c3ccc(-c4nc(-c5ccccc5)cc(-c5ccccc5)n4)c4ccccc34)ccc2-c2ccc3ccccc3c21. The predicted molar refractivity (Wildman–Crippen MR) is 196 cm³/mol. The maximum Gasteiger partial charge on any atom is 0.161 e. The van der Waals surface area contributed by atoms with Crippen LogP contribution in [0.3, 0.4) is 0 Å². The van der Waals surface area contributed by atoms with Crippen molar-refractivity contribution < 1.29 is 0 Å². The zero-order valence-corrected chi connectivity index (χ0v) is 26.4. The Hall–Kier alpha value is -5.86. The quantitative estimate of drug-likeness (QED) is 0.201. The van der Waals surface area contributed by atoms with Gasteiger partial charge < -0.3 is 0 Å². The number of hydrogen-bond acceptors (Lipinski definition) is 2. The highest BCUT2D eigenvalue weighted by Crippen LogP contribution is 2.52. The second-order valence-corrected chi connectivity index (χ2v) is 13.0. The van der Waals surface area contributed by atoms with E-state index in [0.717, 1.165) is 39.3 Å². The van der Waals surface area contributed by atoms with Gasteiger partial charge in [0.25, 0.3) is 0 Å². The minimum absolute atomic E-state index is 0.114. The van der Waals surface area contributed by atoms with Crippen LogP contribution in [-0.2, 0) is 5.41 Å². The molecule has 222 valence electrons. The zero-order chi connectivity index (χ0) is 31.5. The molecule has 1 heterocycles. The van der Waals surface area contributed by atoms with Crippen LogP contribution in [0.25, 0.3) is 77.7 Å². The van der Waals surface area contributed by atoms with Crippen molar-refractivity contribution in [2.45, 2.75) is 19.3 Å². The maximum atomic E-state index is 5.15. The van der Waals surface area contributed by atoms with E-state index in [9.17, 15) is 0 Å².